The van der Waals surface area contributed by atoms with Crippen molar-refractivity contribution in [1.29, 1.82) is 0 Å². The molecule has 1 unspecified atom stereocenters. The number of aliphatic hydroxyl groups is 1. The topological polar surface area (TPSA) is 69.6 Å². The standard InChI is InChI=1S/C26H28N2O3S/c1-18-10-14-21(15-11-18)32(30,31)27-22-16-17-25(26(22)29)28-23-8-4-2-6-19(23)12-13-20-7-3-5-9-24(20)28/h2-11,14-15,22,25-27,29H,12-13,16-17H2,1H3/t22-,25?,26+/m1/s1. The number of hydrogen-bond acceptors (Lipinski definition) is 4. The molecular weight excluding hydrogens is 420 g/mol. The number of hydrogen-bond donors (Lipinski definition) is 2. The van der Waals surface area contributed by atoms with Crippen molar-refractivity contribution >= 4 is 21.4 Å². The van der Waals surface area contributed by atoms with Gasteiger partial charge in [0.15, 0.2) is 0 Å². The van der Waals surface area contributed by atoms with Gasteiger partial charge in [0.05, 0.1) is 23.1 Å². The van der Waals surface area contributed by atoms with Gasteiger partial charge in [-0.2, -0.15) is 0 Å². The van der Waals surface area contributed by atoms with E-state index in [9.17, 15) is 13.5 Å². The van der Waals surface area contributed by atoms with Crippen molar-refractivity contribution in [1.82, 2.24) is 4.72 Å². The Bertz CT molecular complexity index is 1180. The van der Waals surface area contributed by atoms with Crippen LogP contribution in [0.4, 0.5) is 11.4 Å². The van der Waals surface area contributed by atoms with E-state index in [0.717, 1.165) is 29.8 Å². The van der Waals surface area contributed by atoms with Gasteiger partial charge in [-0.25, -0.2) is 13.1 Å². The first-order valence-electron chi connectivity index (χ1n) is 11.2. The van der Waals surface area contributed by atoms with Gasteiger partial charge in [-0.3, -0.25) is 0 Å². The molecule has 1 saturated carbocycles. The summed E-state index contributed by atoms with van der Waals surface area (Å²) in [7, 11) is -3.70. The van der Waals surface area contributed by atoms with E-state index in [-0.39, 0.29) is 10.9 Å². The minimum absolute atomic E-state index is 0.207. The molecule has 0 radical (unpaired) electrons. The molecule has 1 fully saturated rings. The van der Waals surface area contributed by atoms with Gasteiger partial charge in [0.2, 0.25) is 10.0 Å². The van der Waals surface area contributed by atoms with Crippen LogP contribution in [-0.2, 0) is 22.9 Å². The summed E-state index contributed by atoms with van der Waals surface area (Å²) in [4.78, 5) is 2.46. The molecule has 1 aliphatic carbocycles. The molecule has 32 heavy (non-hydrogen) atoms. The Morgan fingerprint density at radius 3 is 2.00 bits per heavy atom. The van der Waals surface area contributed by atoms with Gasteiger partial charge in [0.1, 0.15) is 0 Å². The number of rotatable bonds is 4. The molecule has 0 saturated heterocycles. The summed E-state index contributed by atoms with van der Waals surface area (Å²) in [5.41, 5.74) is 5.70. The summed E-state index contributed by atoms with van der Waals surface area (Å²) in [6, 6.07) is 22.7. The van der Waals surface area contributed by atoms with E-state index < -0.39 is 22.2 Å². The lowest BCUT2D eigenvalue weighted by Gasteiger charge is -2.35. The quantitative estimate of drug-likeness (QED) is 0.630. The maximum atomic E-state index is 12.9. The van der Waals surface area contributed by atoms with Crippen LogP contribution >= 0.6 is 0 Å². The third-order valence-electron chi connectivity index (χ3n) is 6.72. The lowest BCUT2D eigenvalue weighted by Crippen LogP contribution is -2.47. The van der Waals surface area contributed by atoms with Crippen molar-refractivity contribution < 1.29 is 13.5 Å². The van der Waals surface area contributed by atoms with Crippen molar-refractivity contribution in [2.45, 2.75) is 55.7 Å². The fourth-order valence-electron chi connectivity index (χ4n) is 5.03. The lowest BCUT2D eigenvalue weighted by atomic mass is 10.0. The highest BCUT2D eigenvalue weighted by molar-refractivity contribution is 7.89. The number of para-hydroxylation sites is 2. The molecule has 0 bridgehead atoms. The van der Waals surface area contributed by atoms with E-state index in [0.29, 0.717) is 12.8 Å². The van der Waals surface area contributed by atoms with Crippen LogP contribution in [0.2, 0.25) is 0 Å². The molecule has 1 heterocycles. The number of nitrogens with zero attached hydrogens (tertiary/aromatic N) is 1. The molecule has 2 N–H and O–H groups in total. The third-order valence-corrected chi connectivity index (χ3v) is 8.22. The van der Waals surface area contributed by atoms with Crippen LogP contribution in [0, 0.1) is 6.92 Å². The normalized spacial score (nSPS) is 22.8. The van der Waals surface area contributed by atoms with E-state index in [1.165, 1.54) is 11.1 Å². The zero-order valence-electron chi connectivity index (χ0n) is 18.1. The highest BCUT2D eigenvalue weighted by Crippen LogP contribution is 2.41. The predicted molar refractivity (Wildman–Crippen MR) is 127 cm³/mol. The maximum absolute atomic E-state index is 12.9. The van der Waals surface area contributed by atoms with Gasteiger partial charge >= 0.3 is 0 Å². The van der Waals surface area contributed by atoms with E-state index in [4.69, 9.17) is 0 Å². The van der Waals surface area contributed by atoms with Gasteiger partial charge in [-0.1, -0.05) is 54.1 Å². The van der Waals surface area contributed by atoms with Gasteiger partial charge in [0.25, 0.3) is 0 Å². The van der Waals surface area contributed by atoms with Gasteiger partial charge in [-0.15, -0.1) is 0 Å². The predicted octanol–water partition coefficient (Wildman–Crippen LogP) is 4.10. The molecule has 5 nitrogen and oxygen atoms in total. The first-order chi connectivity index (χ1) is 15.4. The summed E-state index contributed by atoms with van der Waals surface area (Å²) >= 11 is 0. The van der Waals surface area contributed by atoms with E-state index in [1.54, 1.807) is 24.3 Å². The Morgan fingerprint density at radius 1 is 0.844 bits per heavy atom. The summed E-state index contributed by atoms with van der Waals surface area (Å²) in [5, 5.41) is 11.3. The molecule has 0 spiro atoms. The van der Waals surface area contributed by atoms with Gasteiger partial charge < -0.3 is 10.0 Å². The molecule has 2 aliphatic rings. The molecule has 3 aromatic carbocycles. The van der Waals surface area contributed by atoms with Crippen molar-refractivity contribution in [3.63, 3.8) is 0 Å². The van der Waals surface area contributed by atoms with Crippen molar-refractivity contribution in [2.75, 3.05) is 4.90 Å². The summed E-state index contributed by atoms with van der Waals surface area (Å²) in [6.07, 6.45) is 2.34. The maximum Gasteiger partial charge on any atom is 0.240 e. The fourth-order valence-corrected chi connectivity index (χ4v) is 6.31. The van der Waals surface area contributed by atoms with E-state index in [1.807, 2.05) is 19.1 Å². The SMILES string of the molecule is Cc1ccc(S(=O)(=O)N[C@@H]2CCC(N3c4ccccc4CCc4ccccc43)[C@H]2O)cc1. The number of sulfonamides is 1. The molecule has 0 amide bonds. The van der Waals surface area contributed by atoms with E-state index in [2.05, 4.69) is 46.0 Å². The smallest absolute Gasteiger partial charge is 0.240 e. The zero-order valence-corrected chi connectivity index (χ0v) is 18.9. The summed E-state index contributed by atoms with van der Waals surface area (Å²) in [5.74, 6) is 0. The number of benzene rings is 3. The Labute approximate surface area is 189 Å². The monoisotopic (exact) mass is 448 g/mol. The minimum atomic E-state index is -3.70. The van der Waals surface area contributed by atoms with Crippen LogP contribution in [0.25, 0.3) is 0 Å². The Kier molecular flexibility index (Phi) is 5.53. The molecule has 166 valence electrons. The Hall–Kier alpha value is -2.67. The summed E-state index contributed by atoms with van der Waals surface area (Å²) < 4.78 is 28.7. The average molecular weight is 449 g/mol. The van der Waals surface area contributed by atoms with Crippen LogP contribution in [0.3, 0.4) is 0 Å². The minimum Gasteiger partial charge on any atom is -0.389 e. The first kappa shape index (κ1) is 21.2. The molecule has 3 aromatic rings. The zero-order chi connectivity index (χ0) is 22.3. The first-order valence-corrected chi connectivity index (χ1v) is 12.6. The molecule has 3 atom stereocenters. The molecule has 5 rings (SSSR count). The van der Waals surface area contributed by atoms with Crippen LogP contribution < -0.4 is 9.62 Å². The Balaban J connectivity index is 1.46. The van der Waals surface area contributed by atoms with Crippen molar-refractivity contribution in [3.8, 4) is 0 Å². The van der Waals surface area contributed by atoms with Crippen molar-refractivity contribution in [2.24, 2.45) is 0 Å². The molecule has 1 aliphatic heterocycles. The van der Waals surface area contributed by atoms with Gasteiger partial charge in [-0.05, 0) is 68.0 Å². The highest BCUT2D eigenvalue weighted by atomic mass is 32.2. The highest BCUT2D eigenvalue weighted by Gasteiger charge is 2.42. The lowest BCUT2D eigenvalue weighted by molar-refractivity contribution is 0.142. The number of aliphatic hydroxyl groups excluding tert-OH is 1. The second-order valence-electron chi connectivity index (χ2n) is 8.80. The second-order valence-corrected chi connectivity index (χ2v) is 10.5. The molecular formula is C26H28N2O3S. The summed E-state index contributed by atoms with van der Waals surface area (Å²) in [6.45, 7) is 1.92. The largest absolute Gasteiger partial charge is 0.389 e. The van der Waals surface area contributed by atoms with E-state index >= 15 is 0 Å². The fraction of sp³-hybridized carbons (Fsp3) is 0.308. The number of aryl methyl sites for hydroxylation is 3. The van der Waals surface area contributed by atoms with Crippen LogP contribution in [-0.4, -0.2) is 31.7 Å². The Morgan fingerprint density at radius 2 is 1.41 bits per heavy atom. The van der Waals surface area contributed by atoms with Crippen molar-refractivity contribution in [3.05, 3.63) is 89.5 Å². The number of fused-ring (bicyclic) bond motifs is 2. The third kappa shape index (κ3) is 3.83. The van der Waals surface area contributed by atoms with Gasteiger partial charge in [0, 0.05) is 11.4 Å². The van der Waals surface area contributed by atoms with Crippen LogP contribution in [0.15, 0.2) is 77.7 Å². The molecule has 0 aromatic heterocycles. The second kappa shape index (κ2) is 8.35. The average Bonchev–Trinajstić information content (AvgIpc) is 3.04. The van der Waals surface area contributed by atoms with Crippen LogP contribution in [0.5, 0.6) is 0 Å². The number of nitrogens with one attached hydrogen (secondary N) is 1. The number of anilines is 2. The van der Waals surface area contributed by atoms with Crippen LogP contribution in [0.1, 0.15) is 29.5 Å². The molecule has 6 heteroatoms.